The molecule has 16 heavy (non-hydrogen) atoms. The fraction of sp³-hybridized carbons (Fsp3) is 0.917. The molecule has 1 aliphatic rings. The number of carbonyl (C=O) groups excluding carboxylic acids is 1. The predicted molar refractivity (Wildman–Crippen MR) is 64.0 cm³/mol. The first-order valence-electron chi connectivity index (χ1n) is 6.11. The zero-order valence-corrected chi connectivity index (χ0v) is 10.6. The average Bonchev–Trinajstić information content (AvgIpc) is 3.01. The van der Waals surface area contributed by atoms with Gasteiger partial charge in [0.05, 0.1) is 12.6 Å². The van der Waals surface area contributed by atoms with Crippen molar-refractivity contribution in [3.05, 3.63) is 0 Å². The summed E-state index contributed by atoms with van der Waals surface area (Å²) >= 11 is 0. The van der Waals surface area contributed by atoms with Crippen molar-refractivity contribution in [3.63, 3.8) is 0 Å². The number of rotatable bonds is 7. The van der Waals surface area contributed by atoms with Gasteiger partial charge in [-0.1, -0.05) is 13.8 Å². The molecule has 1 saturated carbocycles. The van der Waals surface area contributed by atoms with Gasteiger partial charge in [-0.05, 0) is 25.2 Å². The van der Waals surface area contributed by atoms with Gasteiger partial charge in [0.2, 0.25) is 5.91 Å². The third-order valence-electron chi connectivity index (χ3n) is 2.85. The van der Waals surface area contributed by atoms with Crippen molar-refractivity contribution in [1.29, 1.82) is 0 Å². The minimum absolute atomic E-state index is 0.0910. The maximum atomic E-state index is 12.1. The Morgan fingerprint density at radius 2 is 2.12 bits per heavy atom. The lowest BCUT2D eigenvalue weighted by atomic mass is 10.0. The van der Waals surface area contributed by atoms with Crippen LogP contribution in [-0.4, -0.2) is 43.2 Å². The van der Waals surface area contributed by atoms with E-state index in [1.54, 1.807) is 7.11 Å². The molecule has 0 unspecified atom stereocenters. The Balaban J connectivity index is 2.45. The smallest absolute Gasteiger partial charge is 0.239 e. The maximum absolute atomic E-state index is 12.1. The summed E-state index contributed by atoms with van der Waals surface area (Å²) in [6, 6.07) is 0.0679. The Hall–Kier alpha value is -0.610. The largest absolute Gasteiger partial charge is 0.383 e. The third kappa shape index (κ3) is 4.10. The summed E-state index contributed by atoms with van der Waals surface area (Å²) in [5, 5.41) is 0. The number of hydrogen-bond acceptors (Lipinski definition) is 3. The zero-order valence-electron chi connectivity index (χ0n) is 10.6. The molecule has 0 radical (unpaired) electrons. The van der Waals surface area contributed by atoms with Crippen molar-refractivity contribution in [3.8, 4) is 0 Å². The lowest BCUT2D eigenvalue weighted by Crippen LogP contribution is -2.46. The van der Waals surface area contributed by atoms with E-state index < -0.39 is 0 Å². The molecule has 1 aliphatic carbocycles. The quantitative estimate of drug-likeness (QED) is 0.707. The number of nitrogens with two attached hydrogens (primary N) is 1. The van der Waals surface area contributed by atoms with Crippen LogP contribution in [0.4, 0.5) is 0 Å². The molecule has 94 valence electrons. The second-order valence-corrected chi connectivity index (χ2v) is 4.99. The maximum Gasteiger partial charge on any atom is 0.239 e. The van der Waals surface area contributed by atoms with Crippen molar-refractivity contribution < 1.29 is 9.53 Å². The fourth-order valence-electron chi connectivity index (χ4n) is 1.87. The van der Waals surface area contributed by atoms with Gasteiger partial charge in [-0.25, -0.2) is 0 Å². The van der Waals surface area contributed by atoms with Gasteiger partial charge in [0.25, 0.3) is 0 Å². The molecule has 2 N–H and O–H groups in total. The summed E-state index contributed by atoms with van der Waals surface area (Å²) in [6.45, 7) is 5.44. The number of carbonyl (C=O) groups is 1. The highest BCUT2D eigenvalue weighted by molar-refractivity contribution is 5.82. The molecule has 0 aromatic heterocycles. The third-order valence-corrected chi connectivity index (χ3v) is 2.85. The molecule has 1 atom stereocenters. The van der Waals surface area contributed by atoms with Gasteiger partial charge >= 0.3 is 0 Å². The van der Waals surface area contributed by atoms with Crippen molar-refractivity contribution in [2.75, 3.05) is 20.3 Å². The highest BCUT2D eigenvalue weighted by atomic mass is 16.5. The van der Waals surface area contributed by atoms with Crippen LogP contribution in [0.5, 0.6) is 0 Å². The van der Waals surface area contributed by atoms with E-state index in [2.05, 4.69) is 13.8 Å². The Kier molecular flexibility index (Phi) is 5.22. The standard InChI is InChI=1S/C12H24N2O2/c1-9(2)8-11(13)12(15)14(6-7-16-3)10-4-5-10/h9-11H,4-8,13H2,1-3H3/t11-/m0/s1. The van der Waals surface area contributed by atoms with Gasteiger partial charge in [0.1, 0.15) is 0 Å². The van der Waals surface area contributed by atoms with E-state index in [0.29, 0.717) is 25.1 Å². The minimum atomic E-state index is -0.350. The van der Waals surface area contributed by atoms with Gasteiger partial charge in [-0.3, -0.25) is 4.79 Å². The number of hydrogen-bond donors (Lipinski definition) is 1. The van der Waals surface area contributed by atoms with Gasteiger partial charge in [-0.2, -0.15) is 0 Å². The highest BCUT2D eigenvalue weighted by Gasteiger charge is 2.34. The molecule has 0 bridgehead atoms. The summed E-state index contributed by atoms with van der Waals surface area (Å²) < 4.78 is 5.03. The summed E-state index contributed by atoms with van der Waals surface area (Å²) in [4.78, 5) is 14.0. The van der Waals surface area contributed by atoms with Crippen molar-refractivity contribution in [2.45, 2.75) is 45.2 Å². The normalized spacial score (nSPS) is 17.6. The lowest BCUT2D eigenvalue weighted by molar-refractivity contribution is -0.134. The first kappa shape index (κ1) is 13.5. The zero-order chi connectivity index (χ0) is 12.1. The van der Waals surface area contributed by atoms with Gasteiger partial charge in [-0.15, -0.1) is 0 Å². The molecule has 1 rings (SSSR count). The Bertz CT molecular complexity index is 227. The van der Waals surface area contributed by atoms with E-state index in [9.17, 15) is 4.79 Å². The number of amides is 1. The number of methoxy groups -OCH3 is 1. The molecule has 1 amide bonds. The first-order chi connectivity index (χ1) is 7.56. The van der Waals surface area contributed by atoms with Crippen LogP contribution < -0.4 is 5.73 Å². The molecule has 4 heteroatoms. The van der Waals surface area contributed by atoms with Crippen molar-refractivity contribution >= 4 is 5.91 Å². The molecule has 0 aromatic carbocycles. The van der Waals surface area contributed by atoms with E-state index >= 15 is 0 Å². The molecule has 4 nitrogen and oxygen atoms in total. The van der Waals surface area contributed by atoms with Crippen LogP contribution in [0.25, 0.3) is 0 Å². The van der Waals surface area contributed by atoms with Gasteiger partial charge in [0, 0.05) is 19.7 Å². The van der Waals surface area contributed by atoms with Crippen LogP contribution >= 0.6 is 0 Å². The predicted octanol–water partition coefficient (Wildman–Crippen LogP) is 0.997. The molecular weight excluding hydrogens is 204 g/mol. The summed E-state index contributed by atoms with van der Waals surface area (Å²) in [5.74, 6) is 0.552. The lowest BCUT2D eigenvalue weighted by Gasteiger charge is -2.26. The van der Waals surface area contributed by atoms with Crippen LogP contribution in [0.1, 0.15) is 33.1 Å². The van der Waals surface area contributed by atoms with Crippen molar-refractivity contribution in [2.24, 2.45) is 11.7 Å². The van der Waals surface area contributed by atoms with Crippen LogP contribution in [0.2, 0.25) is 0 Å². The molecule has 0 aromatic rings. The van der Waals surface area contributed by atoms with Crippen LogP contribution in [0, 0.1) is 5.92 Å². The van der Waals surface area contributed by atoms with Crippen LogP contribution in [-0.2, 0) is 9.53 Å². The molecule has 0 spiro atoms. The molecule has 0 saturated heterocycles. The highest BCUT2D eigenvalue weighted by Crippen LogP contribution is 2.27. The SMILES string of the molecule is COCCN(C(=O)[C@@H](N)CC(C)C)C1CC1. The molecule has 0 aliphatic heterocycles. The number of ether oxygens (including phenoxy) is 1. The molecular formula is C12H24N2O2. The Labute approximate surface area is 98.1 Å². The summed E-state index contributed by atoms with van der Waals surface area (Å²) in [5.41, 5.74) is 5.92. The van der Waals surface area contributed by atoms with E-state index in [0.717, 1.165) is 19.3 Å². The van der Waals surface area contributed by atoms with E-state index in [1.165, 1.54) is 0 Å². The number of nitrogens with zero attached hydrogens (tertiary/aromatic N) is 1. The Morgan fingerprint density at radius 1 is 1.50 bits per heavy atom. The van der Waals surface area contributed by atoms with E-state index in [4.69, 9.17) is 10.5 Å². The van der Waals surface area contributed by atoms with Crippen molar-refractivity contribution in [1.82, 2.24) is 4.90 Å². The van der Waals surface area contributed by atoms with Gasteiger partial charge < -0.3 is 15.4 Å². The second-order valence-electron chi connectivity index (χ2n) is 4.99. The fourth-order valence-corrected chi connectivity index (χ4v) is 1.87. The molecule has 0 heterocycles. The second kappa shape index (κ2) is 6.21. The van der Waals surface area contributed by atoms with Gasteiger partial charge in [0.15, 0.2) is 0 Å². The Morgan fingerprint density at radius 3 is 2.56 bits per heavy atom. The molecule has 1 fully saturated rings. The first-order valence-corrected chi connectivity index (χ1v) is 6.11. The monoisotopic (exact) mass is 228 g/mol. The topological polar surface area (TPSA) is 55.6 Å². The van der Waals surface area contributed by atoms with Crippen LogP contribution in [0.3, 0.4) is 0 Å². The summed E-state index contributed by atoms with van der Waals surface area (Å²) in [7, 11) is 1.66. The van der Waals surface area contributed by atoms with E-state index in [1.807, 2.05) is 4.90 Å². The summed E-state index contributed by atoms with van der Waals surface area (Å²) in [6.07, 6.45) is 2.99. The minimum Gasteiger partial charge on any atom is -0.383 e. The average molecular weight is 228 g/mol. The van der Waals surface area contributed by atoms with E-state index in [-0.39, 0.29) is 11.9 Å². The van der Waals surface area contributed by atoms with Crippen LogP contribution in [0.15, 0.2) is 0 Å².